The average molecular weight is 428 g/mol. The van der Waals surface area contributed by atoms with Crippen molar-refractivity contribution < 1.29 is 19.0 Å². The Balaban J connectivity index is 1.41. The summed E-state index contributed by atoms with van der Waals surface area (Å²) in [5, 5.41) is 2.99. The molecule has 1 aliphatic heterocycles. The van der Waals surface area contributed by atoms with Gasteiger partial charge in [-0.3, -0.25) is 9.69 Å². The zero-order valence-corrected chi connectivity index (χ0v) is 18.7. The molecule has 7 heteroatoms. The number of amides is 1. The van der Waals surface area contributed by atoms with Crippen LogP contribution in [0.5, 0.6) is 17.2 Å². The summed E-state index contributed by atoms with van der Waals surface area (Å²) in [6, 6.07) is 13.9. The molecule has 0 saturated carbocycles. The fraction of sp³-hybridized carbons (Fsp3) is 0.458. The molecule has 7 nitrogen and oxygen atoms in total. The molecule has 0 bridgehead atoms. The lowest BCUT2D eigenvalue weighted by Crippen LogP contribution is -2.46. The number of hydrogen-bond acceptors (Lipinski definition) is 6. The number of piperazine rings is 1. The van der Waals surface area contributed by atoms with Crippen molar-refractivity contribution in [1.29, 1.82) is 0 Å². The van der Waals surface area contributed by atoms with Gasteiger partial charge in [-0.2, -0.15) is 0 Å². The standard InChI is InChI=1S/C24H33N3O4/c1-29-21-17-23(31-3)22(30-2)16-20(21)24(28)25-10-7-11-26-12-14-27(15-13-26)18-19-8-5-4-6-9-19/h4-6,8-9,16-17H,7,10-15,18H2,1-3H3,(H,25,28). The zero-order chi connectivity index (χ0) is 22.1. The molecule has 0 unspecified atom stereocenters. The molecule has 0 radical (unpaired) electrons. The molecule has 3 rings (SSSR count). The Morgan fingerprint density at radius 1 is 0.871 bits per heavy atom. The van der Waals surface area contributed by atoms with Crippen LogP contribution in [0.15, 0.2) is 42.5 Å². The molecule has 0 spiro atoms. The number of methoxy groups -OCH3 is 3. The van der Waals surface area contributed by atoms with Crippen LogP contribution in [0.4, 0.5) is 0 Å². The Labute approximate surface area is 184 Å². The zero-order valence-electron chi connectivity index (χ0n) is 18.7. The Hall–Kier alpha value is -2.77. The highest BCUT2D eigenvalue weighted by molar-refractivity contribution is 5.97. The van der Waals surface area contributed by atoms with Crippen LogP contribution in [-0.4, -0.2) is 76.3 Å². The monoisotopic (exact) mass is 427 g/mol. The quantitative estimate of drug-likeness (QED) is 0.588. The summed E-state index contributed by atoms with van der Waals surface area (Å²) in [4.78, 5) is 17.6. The van der Waals surface area contributed by atoms with Crippen molar-refractivity contribution in [2.45, 2.75) is 13.0 Å². The highest BCUT2D eigenvalue weighted by Gasteiger charge is 2.19. The largest absolute Gasteiger partial charge is 0.496 e. The minimum absolute atomic E-state index is 0.175. The van der Waals surface area contributed by atoms with E-state index in [2.05, 4.69) is 45.4 Å². The summed E-state index contributed by atoms with van der Waals surface area (Å²) in [5.41, 5.74) is 1.80. The van der Waals surface area contributed by atoms with Gasteiger partial charge < -0.3 is 24.4 Å². The third-order valence-corrected chi connectivity index (χ3v) is 5.60. The SMILES string of the molecule is COc1cc(OC)c(C(=O)NCCCN2CCN(Cc3ccccc3)CC2)cc1OC. The van der Waals surface area contributed by atoms with Gasteiger partial charge in [-0.15, -0.1) is 0 Å². The molecular weight excluding hydrogens is 394 g/mol. The summed E-state index contributed by atoms with van der Waals surface area (Å²) in [7, 11) is 4.64. The van der Waals surface area contributed by atoms with Crippen LogP contribution in [0.3, 0.4) is 0 Å². The van der Waals surface area contributed by atoms with Gasteiger partial charge in [-0.05, 0) is 18.5 Å². The molecule has 0 aromatic heterocycles. The van der Waals surface area contributed by atoms with Crippen molar-refractivity contribution in [3.8, 4) is 17.2 Å². The lowest BCUT2D eigenvalue weighted by Gasteiger charge is -2.34. The maximum Gasteiger partial charge on any atom is 0.255 e. The maximum absolute atomic E-state index is 12.7. The molecule has 1 heterocycles. The first-order valence-corrected chi connectivity index (χ1v) is 10.7. The van der Waals surface area contributed by atoms with Crippen LogP contribution in [0.1, 0.15) is 22.3 Å². The number of carbonyl (C=O) groups excluding carboxylic acids is 1. The van der Waals surface area contributed by atoms with E-state index in [4.69, 9.17) is 14.2 Å². The maximum atomic E-state index is 12.7. The molecular formula is C24H33N3O4. The van der Waals surface area contributed by atoms with Crippen molar-refractivity contribution in [2.24, 2.45) is 0 Å². The van der Waals surface area contributed by atoms with E-state index in [-0.39, 0.29) is 5.91 Å². The number of hydrogen-bond donors (Lipinski definition) is 1. The van der Waals surface area contributed by atoms with Gasteiger partial charge in [0, 0.05) is 51.4 Å². The summed E-state index contributed by atoms with van der Waals surface area (Å²) in [6.07, 6.45) is 0.903. The highest BCUT2D eigenvalue weighted by Crippen LogP contribution is 2.34. The molecule has 168 valence electrons. The Morgan fingerprint density at radius 2 is 1.48 bits per heavy atom. The smallest absolute Gasteiger partial charge is 0.255 e. The molecule has 2 aromatic carbocycles. The van der Waals surface area contributed by atoms with Crippen LogP contribution in [0.2, 0.25) is 0 Å². The summed E-state index contributed by atoms with van der Waals surface area (Å²) < 4.78 is 15.9. The minimum atomic E-state index is -0.175. The van der Waals surface area contributed by atoms with Gasteiger partial charge in [0.2, 0.25) is 0 Å². The molecule has 1 fully saturated rings. The van der Waals surface area contributed by atoms with Crippen molar-refractivity contribution in [3.05, 3.63) is 53.6 Å². The van der Waals surface area contributed by atoms with Gasteiger partial charge in [0.05, 0.1) is 26.9 Å². The predicted octanol–water partition coefficient (Wildman–Crippen LogP) is 2.65. The van der Waals surface area contributed by atoms with E-state index in [0.29, 0.717) is 29.4 Å². The third kappa shape index (κ3) is 6.35. The summed E-state index contributed by atoms with van der Waals surface area (Å²) >= 11 is 0. The van der Waals surface area contributed by atoms with Crippen LogP contribution in [0, 0.1) is 0 Å². The molecule has 0 atom stereocenters. The van der Waals surface area contributed by atoms with Gasteiger partial charge in [0.25, 0.3) is 5.91 Å². The second kappa shape index (κ2) is 11.6. The molecule has 1 saturated heterocycles. The Morgan fingerprint density at radius 3 is 2.13 bits per heavy atom. The van der Waals surface area contributed by atoms with E-state index in [1.165, 1.54) is 12.7 Å². The van der Waals surface area contributed by atoms with Gasteiger partial charge >= 0.3 is 0 Å². The van der Waals surface area contributed by atoms with E-state index in [0.717, 1.165) is 45.7 Å². The highest BCUT2D eigenvalue weighted by atomic mass is 16.5. The molecule has 1 amide bonds. The third-order valence-electron chi connectivity index (χ3n) is 5.60. The van der Waals surface area contributed by atoms with Crippen molar-refractivity contribution >= 4 is 5.91 Å². The van der Waals surface area contributed by atoms with Gasteiger partial charge in [-0.25, -0.2) is 0 Å². The lowest BCUT2D eigenvalue weighted by atomic mass is 10.1. The molecule has 31 heavy (non-hydrogen) atoms. The summed E-state index contributed by atoms with van der Waals surface area (Å²) in [6.45, 7) is 6.86. The topological polar surface area (TPSA) is 63.3 Å². The molecule has 1 aliphatic rings. The number of nitrogens with one attached hydrogen (secondary N) is 1. The van der Waals surface area contributed by atoms with Crippen LogP contribution < -0.4 is 19.5 Å². The summed E-state index contributed by atoms with van der Waals surface area (Å²) in [5.74, 6) is 1.32. The van der Waals surface area contributed by atoms with E-state index < -0.39 is 0 Å². The van der Waals surface area contributed by atoms with Gasteiger partial charge in [0.1, 0.15) is 5.75 Å². The van der Waals surface area contributed by atoms with Crippen molar-refractivity contribution in [2.75, 3.05) is 60.6 Å². The second-order valence-electron chi connectivity index (χ2n) is 7.62. The van der Waals surface area contributed by atoms with Crippen LogP contribution >= 0.6 is 0 Å². The second-order valence-corrected chi connectivity index (χ2v) is 7.62. The number of benzene rings is 2. The van der Waals surface area contributed by atoms with E-state index >= 15 is 0 Å². The predicted molar refractivity (Wildman–Crippen MR) is 121 cm³/mol. The molecule has 1 N–H and O–H groups in total. The van der Waals surface area contributed by atoms with E-state index in [1.54, 1.807) is 26.4 Å². The fourth-order valence-electron chi connectivity index (χ4n) is 3.82. The lowest BCUT2D eigenvalue weighted by molar-refractivity contribution is 0.0943. The molecule has 2 aromatic rings. The number of rotatable bonds is 10. The number of ether oxygens (including phenoxy) is 3. The fourth-order valence-corrected chi connectivity index (χ4v) is 3.82. The van der Waals surface area contributed by atoms with Crippen LogP contribution in [-0.2, 0) is 6.54 Å². The number of nitrogens with zero attached hydrogens (tertiary/aromatic N) is 2. The average Bonchev–Trinajstić information content (AvgIpc) is 2.82. The molecule has 0 aliphatic carbocycles. The van der Waals surface area contributed by atoms with Gasteiger partial charge in [-0.1, -0.05) is 30.3 Å². The van der Waals surface area contributed by atoms with Crippen molar-refractivity contribution in [1.82, 2.24) is 15.1 Å². The van der Waals surface area contributed by atoms with E-state index in [9.17, 15) is 4.79 Å². The van der Waals surface area contributed by atoms with Crippen LogP contribution in [0.25, 0.3) is 0 Å². The Bertz CT molecular complexity index is 836. The first-order valence-electron chi connectivity index (χ1n) is 10.7. The first-order chi connectivity index (χ1) is 15.1. The van der Waals surface area contributed by atoms with Crippen molar-refractivity contribution in [3.63, 3.8) is 0 Å². The van der Waals surface area contributed by atoms with Gasteiger partial charge in [0.15, 0.2) is 11.5 Å². The Kier molecular flexibility index (Phi) is 8.55. The minimum Gasteiger partial charge on any atom is -0.496 e. The van der Waals surface area contributed by atoms with E-state index in [1.807, 2.05) is 0 Å². The first kappa shape index (κ1) is 22.9. The normalized spacial score (nSPS) is 14.8. The number of carbonyl (C=O) groups is 1.